The molecule has 1 aromatic heterocycles. The SMILES string of the molecule is CC(C)(C)OC(=O)N1CC2(CCN(c3ccc(Br)nc3)CC2)C1. The number of nitrogens with zero attached hydrogens (tertiary/aromatic N) is 3. The number of anilines is 1. The van der Waals surface area contributed by atoms with Crippen LogP contribution in [0.4, 0.5) is 10.5 Å². The van der Waals surface area contributed by atoms with Crippen molar-refractivity contribution in [3.8, 4) is 0 Å². The smallest absolute Gasteiger partial charge is 0.410 e. The van der Waals surface area contributed by atoms with E-state index < -0.39 is 5.60 Å². The molecule has 0 atom stereocenters. The van der Waals surface area contributed by atoms with Crippen molar-refractivity contribution in [2.24, 2.45) is 5.41 Å². The lowest BCUT2D eigenvalue weighted by Gasteiger charge is -2.53. The molecular weight excluding hydrogens is 358 g/mol. The van der Waals surface area contributed by atoms with Gasteiger partial charge in [-0.05, 0) is 61.7 Å². The first-order valence-electron chi connectivity index (χ1n) is 8.11. The Morgan fingerprint density at radius 3 is 2.43 bits per heavy atom. The van der Waals surface area contributed by atoms with E-state index >= 15 is 0 Å². The molecule has 0 unspecified atom stereocenters. The minimum Gasteiger partial charge on any atom is -0.444 e. The third-order valence-corrected chi connectivity index (χ3v) is 5.07. The van der Waals surface area contributed by atoms with Crippen molar-refractivity contribution in [2.45, 2.75) is 39.2 Å². The van der Waals surface area contributed by atoms with Crippen LogP contribution in [-0.2, 0) is 4.74 Å². The van der Waals surface area contributed by atoms with E-state index in [-0.39, 0.29) is 11.5 Å². The zero-order chi connectivity index (χ0) is 16.7. The number of likely N-dealkylation sites (tertiary alicyclic amines) is 1. The maximum absolute atomic E-state index is 12.1. The van der Waals surface area contributed by atoms with E-state index in [0.717, 1.165) is 43.6 Å². The molecule has 2 saturated heterocycles. The number of rotatable bonds is 1. The predicted octanol–water partition coefficient (Wildman–Crippen LogP) is 3.68. The molecule has 0 bridgehead atoms. The zero-order valence-corrected chi connectivity index (χ0v) is 15.6. The van der Waals surface area contributed by atoms with Gasteiger partial charge in [-0.3, -0.25) is 0 Å². The van der Waals surface area contributed by atoms with E-state index in [1.54, 1.807) is 0 Å². The lowest BCUT2D eigenvalue weighted by atomic mass is 9.72. The summed E-state index contributed by atoms with van der Waals surface area (Å²) in [5.41, 5.74) is 1.04. The average molecular weight is 382 g/mol. The molecule has 23 heavy (non-hydrogen) atoms. The number of carbonyl (C=O) groups excluding carboxylic acids is 1. The highest BCUT2D eigenvalue weighted by Crippen LogP contribution is 2.41. The van der Waals surface area contributed by atoms with Crippen LogP contribution >= 0.6 is 15.9 Å². The van der Waals surface area contributed by atoms with Crippen LogP contribution in [0.2, 0.25) is 0 Å². The van der Waals surface area contributed by atoms with E-state index in [9.17, 15) is 4.79 Å². The molecule has 2 aliphatic rings. The van der Waals surface area contributed by atoms with Gasteiger partial charge in [0.25, 0.3) is 0 Å². The maximum atomic E-state index is 12.1. The Labute approximate surface area is 146 Å². The van der Waals surface area contributed by atoms with Crippen LogP contribution in [-0.4, -0.2) is 47.8 Å². The van der Waals surface area contributed by atoms with Crippen molar-refractivity contribution < 1.29 is 9.53 Å². The molecule has 0 radical (unpaired) electrons. The first-order chi connectivity index (χ1) is 10.8. The average Bonchev–Trinajstić information content (AvgIpc) is 2.44. The first-order valence-corrected chi connectivity index (χ1v) is 8.90. The van der Waals surface area contributed by atoms with Gasteiger partial charge in [-0.2, -0.15) is 0 Å². The number of halogens is 1. The third-order valence-electron chi connectivity index (χ3n) is 4.61. The number of pyridine rings is 1. The summed E-state index contributed by atoms with van der Waals surface area (Å²) >= 11 is 3.37. The summed E-state index contributed by atoms with van der Waals surface area (Å²) in [6.45, 7) is 9.42. The van der Waals surface area contributed by atoms with Gasteiger partial charge in [-0.15, -0.1) is 0 Å². The molecule has 0 aliphatic carbocycles. The fourth-order valence-electron chi connectivity index (χ4n) is 3.33. The van der Waals surface area contributed by atoms with Gasteiger partial charge in [-0.25, -0.2) is 9.78 Å². The van der Waals surface area contributed by atoms with Gasteiger partial charge in [-0.1, -0.05) is 0 Å². The van der Waals surface area contributed by atoms with Gasteiger partial charge < -0.3 is 14.5 Å². The Morgan fingerprint density at radius 1 is 1.26 bits per heavy atom. The van der Waals surface area contributed by atoms with Gasteiger partial charge in [0, 0.05) is 31.6 Å². The Kier molecular flexibility index (Phi) is 4.29. The largest absolute Gasteiger partial charge is 0.444 e. The fraction of sp³-hybridized carbons (Fsp3) is 0.647. The molecule has 3 heterocycles. The van der Waals surface area contributed by atoms with Crippen molar-refractivity contribution in [1.29, 1.82) is 0 Å². The minimum atomic E-state index is -0.419. The van der Waals surface area contributed by atoms with Crippen LogP contribution in [0.15, 0.2) is 22.9 Å². The number of aromatic nitrogens is 1. The van der Waals surface area contributed by atoms with Crippen LogP contribution in [0.5, 0.6) is 0 Å². The summed E-state index contributed by atoms with van der Waals surface area (Å²) in [6, 6.07) is 4.08. The minimum absolute atomic E-state index is 0.178. The molecule has 2 aliphatic heterocycles. The van der Waals surface area contributed by atoms with Gasteiger partial charge in [0.1, 0.15) is 10.2 Å². The Hall–Kier alpha value is -1.30. The highest BCUT2D eigenvalue weighted by atomic mass is 79.9. The molecule has 1 spiro atoms. The van der Waals surface area contributed by atoms with Crippen LogP contribution in [0.1, 0.15) is 33.6 Å². The summed E-state index contributed by atoms with van der Waals surface area (Å²) in [5.74, 6) is 0. The Morgan fingerprint density at radius 2 is 1.91 bits per heavy atom. The van der Waals surface area contributed by atoms with Crippen molar-refractivity contribution in [1.82, 2.24) is 9.88 Å². The van der Waals surface area contributed by atoms with Crippen molar-refractivity contribution in [3.63, 3.8) is 0 Å². The molecule has 126 valence electrons. The molecule has 0 aromatic carbocycles. The van der Waals surface area contributed by atoms with E-state index in [1.807, 2.05) is 37.9 Å². The van der Waals surface area contributed by atoms with Gasteiger partial charge in [0.05, 0.1) is 11.9 Å². The number of hydrogen-bond acceptors (Lipinski definition) is 4. The van der Waals surface area contributed by atoms with Gasteiger partial charge in [0.15, 0.2) is 0 Å². The highest BCUT2D eigenvalue weighted by Gasteiger charge is 2.47. The second-order valence-electron chi connectivity index (χ2n) is 7.66. The molecular formula is C17H24BrN3O2. The van der Waals surface area contributed by atoms with E-state index in [4.69, 9.17) is 4.74 Å². The number of piperidine rings is 1. The second-order valence-corrected chi connectivity index (χ2v) is 8.48. The van der Waals surface area contributed by atoms with Crippen LogP contribution in [0.3, 0.4) is 0 Å². The topological polar surface area (TPSA) is 45.7 Å². The molecule has 1 aromatic rings. The summed E-state index contributed by atoms with van der Waals surface area (Å²) in [4.78, 5) is 20.6. The quantitative estimate of drug-likeness (QED) is 0.696. The van der Waals surface area contributed by atoms with E-state index in [0.29, 0.717) is 0 Å². The fourth-order valence-corrected chi connectivity index (χ4v) is 3.56. The van der Waals surface area contributed by atoms with Gasteiger partial charge in [0.2, 0.25) is 0 Å². The van der Waals surface area contributed by atoms with E-state index in [2.05, 4.69) is 31.9 Å². The molecule has 6 heteroatoms. The standard InChI is InChI=1S/C17H24BrN3O2/c1-16(2,3)23-15(22)21-11-17(12-21)6-8-20(9-7-17)13-4-5-14(18)19-10-13/h4-5,10H,6-9,11-12H2,1-3H3. The summed E-state index contributed by atoms with van der Waals surface area (Å²) in [7, 11) is 0. The summed E-state index contributed by atoms with van der Waals surface area (Å²) in [5, 5.41) is 0. The Bertz CT molecular complexity index is 566. The maximum Gasteiger partial charge on any atom is 0.410 e. The monoisotopic (exact) mass is 381 g/mol. The molecule has 2 fully saturated rings. The van der Waals surface area contributed by atoms with E-state index in [1.165, 1.54) is 5.69 Å². The highest BCUT2D eigenvalue weighted by molar-refractivity contribution is 9.10. The molecule has 1 amide bonds. The lowest BCUT2D eigenvalue weighted by Crippen LogP contribution is -2.62. The first kappa shape index (κ1) is 16.6. The van der Waals surface area contributed by atoms with Crippen molar-refractivity contribution in [2.75, 3.05) is 31.1 Å². The van der Waals surface area contributed by atoms with Crippen LogP contribution in [0, 0.1) is 5.41 Å². The normalized spacial score (nSPS) is 20.3. The van der Waals surface area contributed by atoms with Crippen LogP contribution < -0.4 is 4.90 Å². The summed E-state index contributed by atoms with van der Waals surface area (Å²) < 4.78 is 6.30. The van der Waals surface area contributed by atoms with Crippen molar-refractivity contribution >= 4 is 27.7 Å². The third kappa shape index (κ3) is 3.79. The van der Waals surface area contributed by atoms with Crippen LogP contribution in [0.25, 0.3) is 0 Å². The molecule has 0 N–H and O–H groups in total. The molecule has 3 rings (SSSR count). The number of hydrogen-bond donors (Lipinski definition) is 0. The summed E-state index contributed by atoms with van der Waals surface area (Å²) in [6.07, 6.45) is 3.96. The number of ether oxygens (including phenoxy) is 1. The molecule has 5 nitrogen and oxygen atoms in total. The Balaban J connectivity index is 1.51. The van der Waals surface area contributed by atoms with Crippen molar-refractivity contribution in [3.05, 3.63) is 22.9 Å². The zero-order valence-electron chi connectivity index (χ0n) is 14.0. The molecule has 0 saturated carbocycles. The van der Waals surface area contributed by atoms with Gasteiger partial charge >= 0.3 is 6.09 Å². The number of carbonyl (C=O) groups is 1. The number of amides is 1. The second kappa shape index (κ2) is 5.96. The lowest BCUT2D eigenvalue weighted by molar-refractivity contribution is -0.0434. The predicted molar refractivity (Wildman–Crippen MR) is 93.6 cm³/mol.